The van der Waals surface area contributed by atoms with Crippen molar-refractivity contribution >= 4 is 11.9 Å². The number of rotatable bonds is 6. The van der Waals surface area contributed by atoms with Gasteiger partial charge in [0.05, 0.1) is 6.61 Å². The summed E-state index contributed by atoms with van der Waals surface area (Å²) in [6, 6.07) is 6.01. The van der Waals surface area contributed by atoms with Crippen LogP contribution in [0.4, 0.5) is 0 Å². The Kier molecular flexibility index (Phi) is 5.66. The van der Waals surface area contributed by atoms with Crippen molar-refractivity contribution in [3.05, 3.63) is 24.3 Å². The zero-order valence-corrected chi connectivity index (χ0v) is 10.9. The van der Waals surface area contributed by atoms with Crippen LogP contribution in [0.15, 0.2) is 24.3 Å². The standard InChI is InChI=1S/C13H17NO5/c1-3-18-12(16)8-14-13(17)9(2)19-11-6-4-10(15)5-7-11/h4-7,9,15H,3,8H2,1-2H3,(H,14,17). The summed E-state index contributed by atoms with van der Waals surface area (Å²) in [6.45, 7) is 3.34. The molecule has 1 unspecified atom stereocenters. The molecule has 1 amide bonds. The molecule has 1 aromatic rings. The van der Waals surface area contributed by atoms with Gasteiger partial charge in [-0.1, -0.05) is 0 Å². The van der Waals surface area contributed by atoms with Crippen LogP contribution < -0.4 is 10.1 Å². The minimum absolute atomic E-state index is 0.117. The summed E-state index contributed by atoms with van der Waals surface area (Å²) in [5, 5.41) is 11.5. The minimum atomic E-state index is -0.751. The second-order valence-corrected chi connectivity index (χ2v) is 3.78. The average Bonchev–Trinajstić information content (AvgIpc) is 2.39. The van der Waals surface area contributed by atoms with Crippen molar-refractivity contribution in [1.82, 2.24) is 5.32 Å². The summed E-state index contributed by atoms with van der Waals surface area (Å²) in [7, 11) is 0. The van der Waals surface area contributed by atoms with E-state index < -0.39 is 18.0 Å². The molecule has 1 aromatic carbocycles. The number of ether oxygens (including phenoxy) is 2. The maximum absolute atomic E-state index is 11.6. The third-order valence-corrected chi connectivity index (χ3v) is 2.23. The van der Waals surface area contributed by atoms with Crippen molar-refractivity contribution in [3.8, 4) is 11.5 Å². The number of benzene rings is 1. The Labute approximate surface area is 111 Å². The van der Waals surface area contributed by atoms with Crippen LogP contribution in [0.1, 0.15) is 13.8 Å². The van der Waals surface area contributed by atoms with Gasteiger partial charge in [0, 0.05) is 0 Å². The van der Waals surface area contributed by atoms with E-state index in [-0.39, 0.29) is 18.9 Å². The first kappa shape index (κ1) is 14.8. The average molecular weight is 267 g/mol. The molecule has 0 saturated heterocycles. The van der Waals surface area contributed by atoms with Gasteiger partial charge in [-0.05, 0) is 38.1 Å². The predicted molar refractivity (Wildman–Crippen MR) is 67.8 cm³/mol. The Morgan fingerprint density at radius 1 is 1.32 bits per heavy atom. The molecule has 0 bridgehead atoms. The molecule has 1 atom stereocenters. The highest BCUT2D eigenvalue weighted by atomic mass is 16.5. The molecule has 0 heterocycles. The fourth-order valence-electron chi connectivity index (χ4n) is 1.30. The molecule has 6 heteroatoms. The third kappa shape index (κ3) is 5.29. The number of phenolic OH excluding ortho intramolecular Hbond substituents is 1. The summed E-state index contributed by atoms with van der Waals surface area (Å²) in [5.74, 6) is -0.336. The van der Waals surface area contributed by atoms with Crippen LogP contribution in [0, 0.1) is 0 Å². The molecule has 0 fully saturated rings. The molecule has 2 N–H and O–H groups in total. The van der Waals surface area contributed by atoms with Gasteiger partial charge in [-0.25, -0.2) is 0 Å². The van der Waals surface area contributed by atoms with Crippen molar-refractivity contribution in [1.29, 1.82) is 0 Å². The van der Waals surface area contributed by atoms with Crippen molar-refractivity contribution in [2.24, 2.45) is 0 Å². The number of nitrogens with one attached hydrogen (secondary N) is 1. The van der Waals surface area contributed by atoms with Gasteiger partial charge in [0.25, 0.3) is 5.91 Å². The lowest BCUT2D eigenvalue weighted by atomic mass is 10.3. The number of phenols is 1. The molecule has 104 valence electrons. The fraction of sp³-hybridized carbons (Fsp3) is 0.385. The van der Waals surface area contributed by atoms with Gasteiger partial charge in [-0.3, -0.25) is 9.59 Å². The summed E-state index contributed by atoms with van der Waals surface area (Å²) in [5.41, 5.74) is 0. The molecular weight excluding hydrogens is 250 g/mol. The number of carbonyl (C=O) groups excluding carboxylic acids is 2. The van der Waals surface area contributed by atoms with Crippen LogP contribution in [0.3, 0.4) is 0 Å². The van der Waals surface area contributed by atoms with Gasteiger partial charge in [0.2, 0.25) is 0 Å². The first-order chi connectivity index (χ1) is 9.02. The van der Waals surface area contributed by atoms with E-state index in [1.165, 1.54) is 12.1 Å². The number of carbonyl (C=O) groups is 2. The molecule has 0 spiro atoms. The molecule has 0 aliphatic carbocycles. The van der Waals surface area contributed by atoms with Gasteiger partial charge in [-0.2, -0.15) is 0 Å². The molecule has 0 saturated carbocycles. The SMILES string of the molecule is CCOC(=O)CNC(=O)C(C)Oc1ccc(O)cc1. The zero-order valence-electron chi connectivity index (χ0n) is 10.9. The first-order valence-corrected chi connectivity index (χ1v) is 5.92. The topological polar surface area (TPSA) is 84.9 Å². The Morgan fingerprint density at radius 2 is 1.95 bits per heavy atom. The van der Waals surface area contributed by atoms with E-state index >= 15 is 0 Å². The Bertz CT molecular complexity index is 429. The number of esters is 1. The molecule has 19 heavy (non-hydrogen) atoms. The molecule has 1 rings (SSSR count). The second kappa shape index (κ2) is 7.25. The lowest BCUT2D eigenvalue weighted by Crippen LogP contribution is -2.39. The highest BCUT2D eigenvalue weighted by Gasteiger charge is 2.15. The summed E-state index contributed by atoms with van der Waals surface area (Å²) in [6.07, 6.45) is -0.751. The predicted octanol–water partition coefficient (Wildman–Crippen LogP) is 0.839. The summed E-state index contributed by atoms with van der Waals surface area (Å²) < 4.78 is 10.0. The Balaban J connectivity index is 2.40. The lowest BCUT2D eigenvalue weighted by Gasteiger charge is -2.14. The normalized spacial score (nSPS) is 11.5. The Morgan fingerprint density at radius 3 is 2.53 bits per heavy atom. The van der Waals surface area contributed by atoms with E-state index in [9.17, 15) is 9.59 Å². The smallest absolute Gasteiger partial charge is 0.325 e. The van der Waals surface area contributed by atoms with Crippen molar-refractivity contribution in [2.45, 2.75) is 20.0 Å². The number of aromatic hydroxyl groups is 1. The first-order valence-electron chi connectivity index (χ1n) is 5.92. The fourth-order valence-corrected chi connectivity index (χ4v) is 1.30. The van der Waals surface area contributed by atoms with E-state index in [1.54, 1.807) is 26.0 Å². The number of hydrogen-bond acceptors (Lipinski definition) is 5. The largest absolute Gasteiger partial charge is 0.508 e. The number of amides is 1. The highest BCUT2D eigenvalue weighted by molar-refractivity contribution is 5.84. The summed E-state index contributed by atoms with van der Waals surface area (Å²) in [4.78, 5) is 22.7. The van der Waals surface area contributed by atoms with Crippen LogP contribution >= 0.6 is 0 Å². The third-order valence-electron chi connectivity index (χ3n) is 2.23. The van der Waals surface area contributed by atoms with Crippen LogP contribution in [0.5, 0.6) is 11.5 Å². The van der Waals surface area contributed by atoms with Gasteiger partial charge in [0.1, 0.15) is 18.0 Å². The number of hydrogen-bond donors (Lipinski definition) is 2. The second-order valence-electron chi connectivity index (χ2n) is 3.78. The van der Waals surface area contributed by atoms with Gasteiger partial charge < -0.3 is 19.9 Å². The van der Waals surface area contributed by atoms with Crippen molar-refractivity contribution in [3.63, 3.8) is 0 Å². The van der Waals surface area contributed by atoms with Crippen LogP contribution in [-0.4, -0.2) is 36.2 Å². The molecule has 0 aliphatic rings. The van der Waals surface area contributed by atoms with Crippen molar-refractivity contribution < 1.29 is 24.2 Å². The molecule has 0 aromatic heterocycles. The van der Waals surface area contributed by atoms with Crippen LogP contribution in [0.2, 0.25) is 0 Å². The van der Waals surface area contributed by atoms with Gasteiger partial charge in [-0.15, -0.1) is 0 Å². The van der Waals surface area contributed by atoms with E-state index in [4.69, 9.17) is 9.84 Å². The maximum atomic E-state index is 11.6. The molecular formula is C13H17NO5. The van der Waals surface area contributed by atoms with Gasteiger partial charge >= 0.3 is 5.97 Å². The monoisotopic (exact) mass is 267 g/mol. The van der Waals surface area contributed by atoms with Crippen LogP contribution in [-0.2, 0) is 14.3 Å². The highest BCUT2D eigenvalue weighted by Crippen LogP contribution is 2.17. The van der Waals surface area contributed by atoms with E-state index in [0.29, 0.717) is 5.75 Å². The van der Waals surface area contributed by atoms with Crippen molar-refractivity contribution in [2.75, 3.05) is 13.2 Å². The maximum Gasteiger partial charge on any atom is 0.325 e. The van der Waals surface area contributed by atoms with Crippen LogP contribution in [0.25, 0.3) is 0 Å². The Hall–Kier alpha value is -2.24. The zero-order chi connectivity index (χ0) is 14.3. The molecule has 0 radical (unpaired) electrons. The summed E-state index contributed by atoms with van der Waals surface area (Å²) >= 11 is 0. The lowest BCUT2D eigenvalue weighted by molar-refractivity contribution is -0.144. The molecule has 0 aliphatic heterocycles. The van der Waals surface area contributed by atoms with E-state index in [0.717, 1.165) is 0 Å². The van der Waals surface area contributed by atoms with Gasteiger partial charge in [0.15, 0.2) is 6.10 Å². The quantitative estimate of drug-likeness (QED) is 0.746. The van der Waals surface area contributed by atoms with E-state index in [1.807, 2.05) is 0 Å². The van der Waals surface area contributed by atoms with E-state index in [2.05, 4.69) is 10.1 Å². The minimum Gasteiger partial charge on any atom is -0.508 e. The molecule has 6 nitrogen and oxygen atoms in total.